The van der Waals surface area contributed by atoms with Crippen molar-refractivity contribution < 1.29 is 4.39 Å². The van der Waals surface area contributed by atoms with E-state index >= 15 is 0 Å². The van der Waals surface area contributed by atoms with E-state index in [1.165, 1.54) is 23.5 Å². The molecule has 102 valence electrons. The van der Waals surface area contributed by atoms with Crippen LogP contribution in [0, 0.1) is 5.82 Å². The first-order valence-corrected chi connectivity index (χ1v) is 8.70. The maximum atomic E-state index is 13.2. The van der Waals surface area contributed by atoms with Gasteiger partial charge in [0.05, 0.1) is 15.9 Å². The molecule has 0 atom stereocenters. The van der Waals surface area contributed by atoms with Gasteiger partial charge in [0, 0.05) is 19.5 Å². The second-order valence-electron chi connectivity index (χ2n) is 4.00. The van der Waals surface area contributed by atoms with Crippen LogP contribution in [0.4, 0.5) is 15.2 Å². The highest BCUT2D eigenvalue weighted by atomic mass is 79.9. The molecule has 0 amide bonds. The number of nitrogens with zero attached hydrogens (tertiary/aromatic N) is 1. The summed E-state index contributed by atoms with van der Waals surface area (Å²) in [5.74, 6) is -0.277. The van der Waals surface area contributed by atoms with E-state index in [1.54, 1.807) is 6.07 Å². The molecular formula is C13H6Br3FN2S. The summed E-state index contributed by atoms with van der Waals surface area (Å²) in [5, 5.41) is 3.96. The molecule has 0 saturated heterocycles. The molecule has 20 heavy (non-hydrogen) atoms. The molecule has 0 radical (unpaired) electrons. The topological polar surface area (TPSA) is 24.9 Å². The third kappa shape index (κ3) is 2.90. The Labute approximate surface area is 143 Å². The number of halogens is 4. The number of hydrogen-bond acceptors (Lipinski definition) is 3. The fourth-order valence-electron chi connectivity index (χ4n) is 1.72. The Morgan fingerprint density at radius 2 is 1.75 bits per heavy atom. The lowest BCUT2D eigenvalue weighted by atomic mass is 10.3. The summed E-state index contributed by atoms with van der Waals surface area (Å²) in [4.78, 5) is 4.39. The molecule has 0 aliphatic carbocycles. The van der Waals surface area contributed by atoms with E-state index in [-0.39, 0.29) is 5.82 Å². The minimum Gasteiger partial charge on any atom is -0.330 e. The Kier molecular flexibility index (Phi) is 4.12. The molecule has 0 aliphatic heterocycles. The number of benzene rings is 2. The van der Waals surface area contributed by atoms with E-state index in [0.29, 0.717) is 10.6 Å². The lowest BCUT2D eigenvalue weighted by Crippen LogP contribution is -1.92. The second kappa shape index (κ2) is 5.71. The number of hydrogen-bond donors (Lipinski definition) is 1. The van der Waals surface area contributed by atoms with Crippen LogP contribution in [-0.4, -0.2) is 4.98 Å². The number of fused-ring (bicyclic) bond motifs is 1. The molecule has 3 aromatic rings. The van der Waals surface area contributed by atoms with Gasteiger partial charge in [-0.15, -0.1) is 0 Å². The molecule has 0 bridgehead atoms. The van der Waals surface area contributed by atoms with E-state index in [2.05, 4.69) is 58.1 Å². The first kappa shape index (κ1) is 14.4. The number of nitrogens with one attached hydrogen (secondary N) is 1. The van der Waals surface area contributed by atoms with Crippen molar-refractivity contribution in [1.82, 2.24) is 4.98 Å². The van der Waals surface area contributed by atoms with Gasteiger partial charge in [0.2, 0.25) is 0 Å². The third-order valence-corrected chi connectivity index (χ3v) is 5.25. The highest BCUT2D eigenvalue weighted by Gasteiger charge is 2.10. The van der Waals surface area contributed by atoms with Crippen molar-refractivity contribution in [2.45, 2.75) is 0 Å². The Balaban J connectivity index is 2.01. The van der Waals surface area contributed by atoms with Crippen LogP contribution in [0.2, 0.25) is 0 Å². The van der Waals surface area contributed by atoms with E-state index in [1.807, 2.05) is 12.1 Å². The maximum Gasteiger partial charge on any atom is 0.188 e. The zero-order chi connectivity index (χ0) is 14.3. The van der Waals surface area contributed by atoms with Crippen LogP contribution in [0.15, 0.2) is 43.7 Å². The largest absolute Gasteiger partial charge is 0.330 e. The van der Waals surface area contributed by atoms with Gasteiger partial charge in [-0.1, -0.05) is 27.3 Å². The molecule has 0 spiro atoms. The Morgan fingerprint density at radius 3 is 2.45 bits per heavy atom. The fraction of sp³-hybridized carbons (Fsp3) is 0. The molecule has 2 nitrogen and oxygen atoms in total. The van der Waals surface area contributed by atoms with E-state index in [0.717, 1.165) is 23.8 Å². The van der Waals surface area contributed by atoms with Gasteiger partial charge in [0.25, 0.3) is 0 Å². The predicted octanol–water partition coefficient (Wildman–Crippen LogP) is 6.47. The highest BCUT2D eigenvalue weighted by Crippen LogP contribution is 2.38. The van der Waals surface area contributed by atoms with Crippen molar-refractivity contribution in [3.8, 4) is 0 Å². The number of anilines is 2. The van der Waals surface area contributed by atoms with Gasteiger partial charge in [-0.05, 0) is 56.1 Å². The lowest BCUT2D eigenvalue weighted by molar-refractivity contribution is 0.629. The molecule has 1 N–H and O–H groups in total. The van der Waals surface area contributed by atoms with E-state index < -0.39 is 0 Å². The Morgan fingerprint density at radius 1 is 1.05 bits per heavy atom. The summed E-state index contributed by atoms with van der Waals surface area (Å²) in [5.41, 5.74) is 1.54. The summed E-state index contributed by atoms with van der Waals surface area (Å²) in [7, 11) is 0. The van der Waals surface area contributed by atoms with Gasteiger partial charge in [-0.25, -0.2) is 9.37 Å². The first-order chi connectivity index (χ1) is 9.52. The van der Waals surface area contributed by atoms with Gasteiger partial charge in [0.1, 0.15) is 5.82 Å². The van der Waals surface area contributed by atoms with Crippen molar-refractivity contribution in [1.29, 1.82) is 0 Å². The smallest absolute Gasteiger partial charge is 0.188 e. The van der Waals surface area contributed by atoms with Gasteiger partial charge < -0.3 is 5.32 Å². The summed E-state index contributed by atoms with van der Waals surface area (Å²) in [6.45, 7) is 0. The SMILES string of the molecule is Fc1ccc2sc(Nc3c(Br)cc(Br)cc3Br)nc2c1. The normalized spacial score (nSPS) is 11.0. The average Bonchev–Trinajstić information content (AvgIpc) is 2.75. The Bertz CT molecular complexity index is 780. The molecule has 1 aromatic heterocycles. The molecule has 0 saturated carbocycles. The zero-order valence-electron chi connectivity index (χ0n) is 9.75. The van der Waals surface area contributed by atoms with Gasteiger partial charge in [-0.3, -0.25) is 0 Å². The van der Waals surface area contributed by atoms with Crippen LogP contribution < -0.4 is 5.32 Å². The van der Waals surface area contributed by atoms with Crippen molar-refractivity contribution in [2.24, 2.45) is 0 Å². The summed E-state index contributed by atoms with van der Waals surface area (Å²) in [6, 6.07) is 8.50. The maximum absolute atomic E-state index is 13.2. The minimum absolute atomic E-state index is 0.277. The lowest BCUT2D eigenvalue weighted by Gasteiger charge is -2.08. The van der Waals surface area contributed by atoms with Gasteiger partial charge in [0.15, 0.2) is 5.13 Å². The molecule has 0 fully saturated rings. The Hall–Kier alpha value is -0.500. The zero-order valence-corrected chi connectivity index (χ0v) is 15.3. The molecular weight excluding hydrogens is 475 g/mol. The first-order valence-electron chi connectivity index (χ1n) is 5.50. The van der Waals surface area contributed by atoms with Crippen LogP contribution >= 0.6 is 59.1 Å². The molecule has 0 unspecified atom stereocenters. The number of aromatic nitrogens is 1. The van der Waals surface area contributed by atoms with Crippen molar-refractivity contribution in [3.05, 3.63) is 49.6 Å². The van der Waals surface area contributed by atoms with Crippen molar-refractivity contribution in [2.75, 3.05) is 5.32 Å². The van der Waals surface area contributed by atoms with Crippen molar-refractivity contribution >= 4 is 80.2 Å². The fourth-order valence-corrected chi connectivity index (χ4v) is 5.03. The number of thiazole rings is 1. The molecule has 3 rings (SSSR count). The number of rotatable bonds is 2. The van der Waals surface area contributed by atoms with Crippen LogP contribution in [0.1, 0.15) is 0 Å². The predicted molar refractivity (Wildman–Crippen MR) is 92.4 cm³/mol. The highest BCUT2D eigenvalue weighted by molar-refractivity contribution is 9.11. The van der Waals surface area contributed by atoms with E-state index in [4.69, 9.17) is 0 Å². The standard InChI is InChI=1S/C13H6Br3FN2S/c14-6-3-8(15)12(9(16)4-6)19-13-18-10-5-7(17)1-2-11(10)20-13/h1-5H,(H,18,19). The minimum atomic E-state index is -0.277. The van der Waals surface area contributed by atoms with Crippen LogP contribution in [0.3, 0.4) is 0 Å². The molecule has 7 heteroatoms. The molecule has 1 heterocycles. The van der Waals surface area contributed by atoms with Gasteiger partial charge in [-0.2, -0.15) is 0 Å². The monoisotopic (exact) mass is 478 g/mol. The summed E-state index contributed by atoms with van der Waals surface area (Å²) >= 11 is 11.9. The quantitative estimate of drug-likeness (QED) is 0.455. The molecule has 0 aliphatic rings. The van der Waals surface area contributed by atoms with Crippen LogP contribution in [-0.2, 0) is 0 Å². The van der Waals surface area contributed by atoms with Crippen LogP contribution in [0.5, 0.6) is 0 Å². The van der Waals surface area contributed by atoms with E-state index in [9.17, 15) is 4.39 Å². The summed E-state index contributed by atoms with van der Waals surface area (Å²) < 4.78 is 16.9. The average molecular weight is 481 g/mol. The third-order valence-electron chi connectivity index (χ3n) is 2.59. The molecule has 2 aromatic carbocycles. The van der Waals surface area contributed by atoms with Gasteiger partial charge >= 0.3 is 0 Å². The summed E-state index contributed by atoms with van der Waals surface area (Å²) in [6.07, 6.45) is 0. The second-order valence-corrected chi connectivity index (χ2v) is 7.66. The van der Waals surface area contributed by atoms with Crippen LogP contribution in [0.25, 0.3) is 10.2 Å². The van der Waals surface area contributed by atoms with Crippen molar-refractivity contribution in [3.63, 3.8) is 0 Å².